The second-order valence-corrected chi connectivity index (χ2v) is 5.86. The largest absolute Gasteiger partial charge is 0.392 e. The Morgan fingerprint density at radius 1 is 1.17 bits per heavy atom. The highest BCUT2D eigenvalue weighted by Crippen LogP contribution is 2.39. The normalized spacial score (nSPS) is 21.7. The Balaban J connectivity index is 2.19. The zero-order chi connectivity index (χ0) is 13.0. The van der Waals surface area contributed by atoms with Gasteiger partial charge in [0.15, 0.2) is 0 Å². The minimum atomic E-state index is -0.162. The van der Waals surface area contributed by atoms with E-state index in [1.165, 1.54) is 31.2 Å². The van der Waals surface area contributed by atoms with E-state index in [1.54, 1.807) is 0 Å². The molecule has 0 saturated heterocycles. The topological polar surface area (TPSA) is 20.2 Å². The van der Waals surface area contributed by atoms with Gasteiger partial charge < -0.3 is 5.11 Å². The molecular formula is C17H26O. The smallest absolute Gasteiger partial charge is 0.0639 e. The van der Waals surface area contributed by atoms with Gasteiger partial charge in [-0.1, -0.05) is 63.4 Å². The molecule has 18 heavy (non-hydrogen) atoms. The summed E-state index contributed by atoms with van der Waals surface area (Å²) in [4.78, 5) is 0. The van der Waals surface area contributed by atoms with Crippen LogP contribution in [0.15, 0.2) is 30.3 Å². The van der Waals surface area contributed by atoms with Crippen molar-refractivity contribution in [3.63, 3.8) is 0 Å². The van der Waals surface area contributed by atoms with Gasteiger partial charge in [0.25, 0.3) is 0 Å². The van der Waals surface area contributed by atoms with Crippen molar-refractivity contribution < 1.29 is 5.11 Å². The van der Waals surface area contributed by atoms with Crippen molar-refractivity contribution in [1.82, 2.24) is 0 Å². The first-order valence-electron chi connectivity index (χ1n) is 7.47. The third kappa shape index (κ3) is 2.95. The predicted molar refractivity (Wildman–Crippen MR) is 76.6 cm³/mol. The van der Waals surface area contributed by atoms with Gasteiger partial charge in [-0.25, -0.2) is 0 Å². The highest BCUT2D eigenvalue weighted by molar-refractivity contribution is 5.22. The molecule has 1 aliphatic carbocycles. The minimum Gasteiger partial charge on any atom is -0.392 e. The van der Waals surface area contributed by atoms with E-state index in [0.29, 0.717) is 17.8 Å². The summed E-state index contributed by atoms with van der Waals surface area (Å²) in [6.45, 7) is 4.50. The van der Waals surface area contributed by atoms with Crippen molar-refractivity contribution in [3.8, 4) is 0 Å². The van der Waals surface area contributed by atoms with E-state index in [9.17, 15) is 5.11 Å². The van der Waals surface area contributed by atoms with Crippen LogP contribution < -0.4 is 0 Å². The number of rotatable bonds is 5. The molecule has 0 bridgehead atoms. The summed E-state index contributed by atoms with van der Waals surface area (Å²) in [6, 6.07) is 10.6. The van der Waals surface area contributed by atoms with Crippen LogP contribution in [0.4, 0.5) is 0 Å². The molecule has 0 amide bonds. The summed E-state index contributed by atoms with van der Waals surface area (Å²) in [5.74, 6) is 1.37. The molecule has 1 saturated carbocycles. The molecule has 100 valence electrons. The lowest BCUT2D eigenvalue weighted by Crippen LogP contribution is -2.30. The maximum atomic E-state index is 10.8. The quantitative estimate of drug-likeness (QED) is 0.818. The average Bonchev–Trinajstić information content (AvgIpc) is 2.94. The summed E-state index contributed by atoms with van der Waals surface area (Å²) in [7, 11) is 0. The molecule has 0 aliphatic heterocycles. The molecule has 0 spiro atoms. The van der Waals surface area contributed by atoms with Gasteiger partial charge in [0.05, 0.1) is 6.10 Å². The Morgan fingerprint density at radius 3 is 2.33 bits per heavy atom. The van der Waals surface area contributed by atoms with Crippen LogP contribution in [0.1, 0.15) is 57.4 Å². The molecule has 1 N–H and O–H groups in total. The first-order chi connectivity index (χ1) is 8.74. The standard InChI is InChI=1S/C17H26O/c1-3-13(2)16(14-9-5-4-6-10-14)17(18)15-11-7-8-12-15/h4-6,9-10,13,15-18H,3,7-8,11-12H2,1-2H3. The van der Waals surface area contributed by atoms with Gasteiger partial charge in [-0.2, -0.15) is 0 Å². The van der Waals surface area contributed by atoms with Crippen molar-refractivity contribution in [2.24, 2.45) is 11.8 Å². The highest BCUT2D eigenvalue weighted by Gasteiger charge is 2.33. The summed E-state index contributed by atoms with van der Waals surface area (Å²) < 4.78 is 0. The van der Waals surface area contributed by atoms with Crippen molar-refractivity contribution in [1.29, 1.82) is 0 Å². The first-order valence-corrected chi connectivity index (χ1v) is 7.47. The molecule has 0 radical (unpaired) electrons. The molecule has 1 aromatic rings. The number of benzene rings is 1. The monoisotopic (exact) mass is 246 g/mol. The van der Waals surface area contributed by atoms with Gasteiger partial charge in [-0.3, -0.25) is 0 Å². The second-order valence-electron chi connectivity index (χ2n) is 5.86. The summed E-state index contributed by atoms with van der Waals surface area (Å²) in [5, 5.41) is 10.8. The Labute approximate surface area is 111 Å². The first kappa shape index (κ1) is 13.6. The van der Waals surface area contributed by atoms with E-state index >= 15 is 0 Å². The third-order valence-corrected chi connectivity index (χ3v) is 4.69. The van der Waals surface area contributed by atoms with E-state index in [0.717, 1.165) is 6.42 Å². The van der Waals surface area contributed by atoms with Crippen LogP contribution in [0, 0.1) is 11.8 Å². The van der Waals surface area contributed by atoms with Gasteiger partial charge in [-0.15, -0.1) is 0 Å². The summed E-state index contributed by atoms with van der Waals surface area (Å²) in [5.41, 5.74) is 1.31. The van der Waals surface area contributed by atoms with Crippen LogP contribution in [0.2, 0.25) is 0 Å². The minimum absolute atomic E-state index is 0.162. The molecule has 0 aromatic heterocycles. The van der Waals surface area contributed by atoms with E-state index in [4.69, 9.17) is 0 Å². The third-order valence-electron chi connectivity index (χ3n) is 4.69. The van der Waals surface area contributed by atoms with E-state index in [-0.39, 0.29) is 6.10 Å². The fraction of sp³-hybridized carbons (Fsp3) is 0.647. The SMILES string of the molecule is CCC(C)C(c1ccccc1)C(O)C1CCCC1. The summed E-state index contributed by atoms with van der Waals surface area (Å²) >= 11 is 0. The fourth-order valence-electron chi connectivity index (χ4n) is 3.38. The van der Waals surface area contributed by atoms with Crippen LogP contribution in [0.25, 0.3) is 0 Å². The predicted octanol–water partition coefficient (Wildman–Crippen LogP) is 4.37. The van der Waals surface area contributed by atoms with Gasteiger partial charge >= 0.3 is 0 Å². The lowest BCUT2D eigenvalue weighted by atomic mass is 9.76. The summed E-state index contributed by atoms with van der Waals surface area (Å²) in [6.07, 6.45) is 5.98. The lowest BCUT2D eigenvalue weighted by Gasteiger charge is -2.32. The number of aliphatic hydroxyl groups is 1. The Hall–Kier alpha value is -0.820. The number of hydrogen-bond acceptors (Lipinski definition) is 1. The lowest BCUT2D eigenvalue weighted by molar-refractivity contribution is 0.0628. The fourth-order valence-corrected chi connectivity index (χ4v) is 3.38. The molecule has 1 aromatic carbocycles. The maximum Gasteiger partial charge on any atom is 0.0639 e. The molecule has 3 unspecified atom stereocenters. The van der Waals surface area contributed by atoms with Crippen LogP contribution in [0.5, 0.6) is 0 Å². The van der Waals surface area contributed by atoms with E-state index in [2.05, 4.69) is 44.2 Å². The highest BCUT2D eigenvalue weighted by atomic mass is 16.3. The van der Waals surface area contributed by atoms with Crippen LogP contribution in [-0.2, 0) is 0 Å². The molecule has 1 nitrogen and oxygen atoms in total. The van der Waals surface area contributed by atoms with Crippen molar-refractivity contribution in [3.05, 3.63) is 35.9 Å². The van der Waals surface area contributed by atoms with Gasteiger partial charge in [0.1, 0.15) is 0 Å². The van der Waals surface area contributed by atoms with Gasteiger partial charge in [-0.05, 0) is 30.2 Å². The van der Waals surface area contributed by atoms with E-state index < -0.39 is 0 Å². The molecule has 0 heterocycles. The molecule has 3 atom stereocenters. The molecule has 2 rings (SSSR count). The van der Waals surface area contributed by atoms with Gasteiger partial charge in [0.2, 0.25) is 0 Å². The van der Waals surface area contributed by atoms with Crippen LogP contribution in [-0.4, -0.2) is 11.2 Å². The second kappa shape index (κ2) is 6.38. The van der Waals surface area contributed by atoms with Crippen molar-refractivity contribution in [2.45, 2.75) is 58.0 Å². The number of hydrogen-bond donors (Lipinski definition) is 1. The average molecular weight is 246 g/mol. The van der Waals surface area contributed by atoms with Crippen molar-refractivity contribution >= 4 is 0 Å². The Morgan fingerprint density at radius 2 is 1.78 bits per heavy atom. The zero-order valence-corrected chi connectivity index (χ0v) is 11.7. The Kier molecular flexibility index (Phi) is 4.82. The van der Waals surface area contributed by atoms with Crippen molar-refractivity contribution in [2.75, 3.05) is 0 Å². The van der Waals surface area contributed by atoms with Gasteiger partial charge in [0, 0.05) is 5.92 Å². The van der Waals surface area contributed by atoms with E-state index in [1.807, 2.05) is 0 Å². The molecular weight excluding hydrogens is 220 g/mol. The number of aliphatic hydroxyl groups excluding tert-OH is 1. The molecule has 1 fully saturated rings. The van der Waals surface area contributed by atoms with Crippen LogP contribution >= 0.6 is 0 Å². The van der Waals surface area contributed by atoms with Crippen LogP contribution in [0.3, 0.4) is 0 Å². The maximum absolute atomic E-state index is 10.8. The Bertz CT molecular complexity index is 340. The zero-order valence-electron chi connectivity index (χ0n) is 11.7. The molecule has 1 heteroatoms. The molecule has 1 aliphatic rings.